The number of hydrogen-bond acceptors (Lipinski definition) is 3. The molecular weight excluding hydrogens is 587 g/mol. The third kappa shape index (κ3) is 5.77. The summed E-state index contributed by atoms with van der Waals surface area (Å²) >= 11 is 0. The molecule has 7 rings (SSSR count). The van der Waals surface area contributed by atoms with Crippen LogP contribution in [0.15, 0.2) is 114 Å². The second-order valence-corrected chi connectivity index (χ2v) is 13.7. The minimum Gasteiger partial charge on any atom is -0.437 e. The average molecular weight is 636 g/mol. The maximum Gasteiger partial charge on any atom is 0.227 e. The van der Waals surface area contributed by atoms with E-state index in [1.165, 1.54) is 11.1 Å². The number of fused-ring (bicyclic) bond motifs is 3. The van der Waals surface area contributed by atoms with Gasteiger partial charge in [0.15, 0.2) is 11.8 Å². The molecule has 0 bridgehead atoms. The maximum absolute atomic E-state index is 9.09. The molecule has 48 heavy (non-hydrogen) atoms. The summed E-state index contributed by atoms with van der Waals surface area (Å²) in [5.74, 6) is 0. The zero-order chi connectivity index (χ0) is 38.0. The van der Waals surface area contributed by atoms with Crippen molar-refractivity contribution in [3.8, 4) is 22.5 Å². The fourth-order valence-corrected chi connectivity index (χ4v) is 6.52. The van der Waals surface area contributed by atoms with Gasteiger partial charge in [0.2, 0.25) is 11.4 Å². The quantitative estimate of drug-likeness (QED) is 0.170. The van der Waals surface area contributed by atoms with Crippen LogP contribution in [0.1, 0.15) is 55.4 Å². The molecule has 0 saturated heterocycles. The normalized spacial score (nSPS) is 13.9. The molecule has 3 heterocycles. The Labute approximate surface area is 291 Å². The van der Waals surface area contributed by atoms with Crippen molar-refractivity contribution in [1.29, 1.82) is 0 Å². The first-order valence-electron chi connectivity index (χ1n) is 18.9. The Morgan fingerprint density at radius 1 is 0.771 bits per heavy atom. The van der Waals surface area contributed by atoms with Gasteiger partial charge in [-0.3, -0.25) is 0 Å². The van der Waals surface area contributed by atoms with Gasteiger partial charge in [0, 0.05) is 51.9 Å². The molecule has 0 atom stereocenters. The summed E-state index contributed by atoms with van der Waals surface area (Å²) < 4.78 is 51.3. The van der Waals surface area contributed by atoms with Crippen LogP contribution >= 0.6 is 0 Å². The molecule has 0 unspecified atom stereocenters. The lowest BCUT2D eigenvalue weighted by molar-refractivity contribution is -0.660. The first kappa shape index (κ1) is 25.8. The van der Waals surface area contributed by atoms with Crippen LogP contribution in [0, 0.1) is 33.0 Å². The second-order valence-electron chi connectivity index (χ2n) is 13.7. The molecule has 240 valence electrons. The topological polar surface area (TPSA) is 33.1 Å². The molecule has 7 aromatic rings. The van der Waals surface area contributed by atoms with Crippen molar-refractivity contribution in [2.75, 3.05) is 4.90 Å². The minimum atomic E-state index is -2.50. The number of aromatic nitrogens is 2. The van der Waals surface area contributed by atoms with Crippen molar-refractivity contribution in [2.45, 2.75) is 54.8 Å². The summed E-state index contributed by atoms with van der Waals surface area (Å²) in [4.78, 5) is 7.29. The summed E-state index contributed by atoms with van der Waals surface area (Å²) in [7, 11) is 1.79. The van der Waals surface area contributed by atoms with E-state index in [2.05, 4.69) is 91.5 Å². The number of rotatable bonds is 6. The van der Waals surface area contributed by atoms with Gasteiger partial charge in [-0.1, -0.05) is 81.4 Å². The summed E-state index contributed by atoms with van der Waals surface area (Å²) in [6.07, 6.45) is -0.389. The zero-order valence-electron chi connectivity index (χ0n) is 33.6. The molecular formula is C44H44N3O+. The van der Waals surface area contributed by atoms with Gasteiger partial charge in [0.25, 0.3) is 0 Å². The van der Waals surface area contributed by atoms with Gasteiger partial charge in [-0.05, 0) is 98.1 Å². The van der Waals surface area contributed by atoms with E-state index in [1.807, 2.05) is 31.2 Å². The van der Waals surface area contributed by atoms with E-state index in [9.17, 15) is 0 Å². The number of hydrogen-bond donors (Lipinski definition) is 0. The van der Waals surface area contributed by atoms with E-state index in [0.29, 0.717) is 17.0 Å². The van der Waals surface area contributed by atoms with Crippen LogP contribution in [0.5, 0.6) is 0 Å². The van der Waals surface area contributed by atoms with Crippen molar-refractivity contribution in [2.24, 2.45) is 12.5 Å². The van der Waals surface area contributed by atoms with E-state index >= 15 is 0 Å². The minimum absolute atomic E-state index is 0.00337. The van der Waals surface area contributed by atoms with Crippen molar-refractivity contribution in [3.05, 3.63) is 137 Å². The molecule has 0 fully saturated rings. The lowest BCUT2D eigenvalue weighted by Crippen LogP contribution is -2.32. The Morgan fingerprint density at radius 2 is 1.42 bits per heavy atom. The second kappa shape index (κ2) is 12.1. The zero-order valence-corrected chi connectivity index (χ0v) is 28.6. The van der Waals surface area contributed by atoms with Gasteiger partial charge in [0.05, 0.1) is 11.3 Å². The van der Waals surface area contributed by atoms with Crippen LogP contribution < -0.4 is 9.47 Å². The third-order valence-electron chi connectivity index (χ3n) is 8.89. The van der Waals surface area contributed by atoms with Gasteiger partial charge < -0.3 is 9.32 Å². The molecule has 0 aliphatic heterocycles. The Kier molecular flexibility index (Phi) is 6.51. The number of anilines is 3. The van der Waals surface area contributed by atoms with Gasteiger partial charge in [-0.25, -0.2) is 9.55 Å². The number of pyridine rings is 2. The standard InChI is InChI=1S/C44H44N3O/c1-28-13-9-11-15-38(28)47(39-16-12-10-14-29(39)2)34-20-18-32(19-21-34)37-24-23-36-35-22-17-30(3)41(42(35)48-43(36)45-37)40-25-33(26-44(5,6)7)31(4)27-46(40)8/h9-25,27H,26H2,1-8H3/q+1/i4D3,26D2. The lowest BCUT2D eigenvalue weighted by Gasteiger charge is -2.28. The van der Waals surface area contributed by atoms with Crippen molar-refractivity contribution in [1.82, 2.24) is 4.98 Å². The summed E-state index contributed by atoms with van der Waals surface area (Å²) in [6.45, 7) is 9.10. The first-order chi connectivity index (χ1) is 25.0. The summed E-state index contributed by atoms with van der Waals surface area (Å²) in [5, 5.41) is 1.74. The van der Waals surface area contributed by atoms with Crippen LogP contribution in [0.2, 0.25) is 0 Å². The molecule has 4 aromatic carbocycles. The van der Waals surface area contributed by atoms with Crippen molar-refractivity contribution in [3.63, 3.8) is 0 Å². The predicted molar refractivity (Wildman–Crippen MR) is 200 cm³/mol. The van der Waals surface area contributed by atoms with E-state index in [1.54, 1.807) is 44.6 Å². The van der Waals surface area contributed by atoms with Crippen LogP contribution in [0.3, 0.4) is 0 Å². The molecule has 3 aromatic heterocycles. The average Bonchev–Trinajstić information content (AvgIpc) is 3.47. The molecule has 0 aliphatic rings. The van der Waals surface area contributed by atoms with E-state index < -0.39 is 18.6 Å². The highest BCUT2D eigenvalue weighted by Gasteiger charge is 2.24. The van der Waals surface area contributed by atoms with Crippen LogP contribution in [0.4, 0.5) is 17.1 Å². The Morgan fingerprint density at radius 3 is 2.04 bits per heavy atom. The van der Waals surface area contributed by atoms with E-state index in [-0.39, 0.29) is 11.1 Å². The van der Waals surface area contributed by atoms with Gasteiger partial charge in [0.1, 0.15) is 7.05 Å². The molecule has 0 amide bonds. The SMILES string of the molecule is [2H]C([2H])([2H])c1c[n+](C)c(-c2c(C)ccc3c2oc2nc(-c4ccc(N(c5ccccc5C)c5ccccc5C)cc4)ccc23)cc1C([2H])([2H])C(C)(C)C. The molecule has 4 nitrogen and oxygen atoms in total. The molecule has 0 radical (unpaired) electrons. The molecule has 0 N–H and O–H groups in total. The van der Waals surface area contributed by atoms with Crippen molar-refractivity contribution < 1.29 is 15.8 Å². The molecule has 0 saturated carbocycles. The largest absolute Gasteiger partial charge is 0.437 e. The monoisotopic (exact) mass is 635 g/mol. The van der Waals surface area contributed by atoms with Gasteiger partial charge in [-0.2, -0.15) is 0 Å². The smallest absolute Gasteiger partial charge is 0.227 e. The molecule has 4 heteroatoms. The Balaban J connectivity index is 1.33. The van der Waals surface area contributed by atoms with Crippen LogP contribution in [-0.4, -0.2) is 4.98 Å². The first-order valence-corrected chi connectivity index (χ1v) is 16.4. The number of nitrogens with zero attached hydrogens (tertiary/aromatic N) is 3. The highest BCUT2D eigenvalue weighted by atomic mass is 16.3. The predicted octanol–water partition coefficient (Wildman–Crippen LogP) is 11.4. The fraction of sp³-hybridized carbons (Fsp3) is 0.227. The lowest BCUT2D eigenvalue weighted by atomic mass is 9.86. The number of para-hydroxylation sites is 2. The van der Waals surface area contributed by atoms with Crippen molar-refractivity contribution >= 4 is 39.1 Å². The third-order valence-corrected chi connectivity index (χ3v) is 8.89. The summed E-state index contributed by atoms with van der Waals surface area (Å²) in [6, 6.07) is 35.0. The highest BCUT2D eigenvalue weighted by Crippen LogP contribution is 2.40. The summed E-state index contributed by atoms with van der Waals surface area (Å²) in [5.41, 5.74) is 10.1. The van der Waals surface area contributed by atoms with E-state index in [4.69, 9.17) is 16.3 Å². The number of aryl methyl sites for hydroxylation is 5. The van der Waals surface area contributed by atoms with Crippen LogP contribution in [-0.2, 0) is 13.4 Å². The molecule has 0 spiro atoms. The Hall–Kier alpha value is -5.22. The number of benzene rings is 4. The Bertz CT molecular complexity index is 2460. The number of furan rings is 1. The van der Waals surface area contributed by atoms with Gasteiger partial charge in [-0.15, -0.1) is 0 Å². The van der Waals surface area contributed by atoms with E-state index in [0.717, 1.165) is 50.2 Å². The highest BCUT2D eigenvalue weighted by molar-refractivity contribution is 6.09. The maximum atomic E-state index is 9.09. The van der Waals surface area contributed by atoms with Crippen LogP contribution in [0.25, 0.3) is 44.6 Å². The van der Waals surface area contributed by atoms with Gasteiger partial charge >= 0.3 is 0 Å². The fourth-order valence-electron chi connectivity index (χ4n) is 6.52. The molecule has 0 aliphatic carbocycles.